The van der Waals surface area contributed by atoms with Crippen LogP contribution in [0.4, 0.5) is 4.39 Å². The van der Waals surface area contributed by atoms with Crippen molar-refractivity contribution in [1.82, 2.24) is 4.90 Å². The molecule has 0 bridgehead atoms. The highest BCUT2D eigenvalue weighted by Crippen LogP contribution is 2.25. The van der Waals surface area contributed by atoms with E-state index >= 15 is 0 Å². The van der Waals surface area contributed by atoms with E-state index in [1.165, 1.54) is 17.0 Å². The highest BCUT2D eigenvalue weighted by molar-refractivity contribution is 6.33. The minimum Gasteiger partial charge on any atom is -0.496 e. The van der Waals surface area contributed by atoms with Crippen LogP contribution in [-0.4, -0.2) is 25.0 Å². The molecule has 0 N–H and O–H groups in total. The fraction of sp³-hybridized carbons (Fsp3) is 0.188. The summed E-state index contributed by atoms with van der Waals surface area (Å²) in [6, 6.07) is 8.86. The first-order valence-corrected chi connectivity index (χ1v) is 7.21. The molecule has 1 amide bonds. The SMILES string of the molecule is COc1ccc(Cl)cc1CN(C)C(=O)c1ccc(F)cc1Cl. The maximum atomic E-state index is 13.1. The van der Waals surface area contributed by atoms with Crippen LogP contribution in [0.15, 0.2) is 36.4 Å². The quantitative estimate of drug-likeness (QED) is 0.824. The number of rotatable bonds is 4. The standard InChI is InChI=1S/C16H14Cl2FNO2/c1-20(9-10-7-11(17)3-6-15(10)22-2)16(21)13-5-4-12(19)8-14(13)18/h3-8H,9H2,1-2H3. The largest absolute Gasteiger partial charge is 0.496 e. The molecular formula is C16H14Cl2FNO2. The average Bonchev–Trinajstić information content (AvgIpc) is 2.47. The second-order valence-electron chi connectivity index (χ2n) is 4.74. The Labute approximate surface area is 138 Å². The molecular weight excluding hydrogens is 328 g/mol. The van der Waals surface area contributed by atoms with Crippen LogP contribution in [0.1, 0.15) is 15.9 Å². The third-order valence-corrected chi connectivity index (χ3v) is 3.71. The average molecular weight is 342 g/mol. The van der Waals surface area contributed by atoms with Crippen molar-refractivity contribution >= 4 is 29.1 Å². The lowest BCUT2D eigenvalue weighted by molar-refractivity contribution is 0.0784. The Balaban J connectivity index is 2.23. The van der Waals surface area contributed by atoms with Crippen LogP contribution in [0.25, 0.3) is 0 Å². The zero-order valence-electron chi connectivity index (χ0n) is 12.1. The van der Waals surface area contributed by atoms with Crippen molar-refractivity contribution in [3.05, 3.63) is 63.4 Å². The van der Waals surface area contributed by atoms with Gasteiger partial charge in [0.05, 0.1) is 17.7 Å². The molecule has 0 aromatic heterocycles. The molecule has 0 spiro atoms. The van der Waals surface area contributed by atoms with E-state index in [0.717, 1.165) is 11.6 Å². The molecule has 22 heavy (non-hydrogen) atoms. The van der Waals surface area contributed by atoms with Crippen molar-refractivity contribution in [3.8, 4) is 5.75 Å². The molecule has 0 atom stereocenters. The normalized spacial score (nSPS) is 10.4. The van der Waals surface area contributed by atoms with Crippen LogP contribution >= 0.6 is 23.2 Å². The van der Waals surface area contributed by atoms with Gasteiger partial charge in [-0.2, -0.15) is 0 Å². The van der Waals surface area contributed by atoms with E-state index in [1.807, 2.05) is 0 Å². The first kappa shape index (κ1) is 16.6. The first-order valence-electron chi connectivity index (χ1n) is 6.45. The molecule has 2 rings (SSSR count). The topological polar surface area (TPSA) is 29.5 Å². The van der Waals surface area contributed by atoms with Crippen molar-refractivity contribution in [1.29, 1.82) is 0 Å². The summed E-state index contributed by atoms with van der Waals surface area (Å²) in [6.45, 7) is 0.288. The molecule has 2 aromatic carbocycles. The highest BCUT2D eigenvalue weighted by atomic mass is 35.5. The molecule has 0 saturated carbocycles. The van der Waals surface area contributed by atoms with Gasteiger partial charge in [-0.25, -0.2) is 4.39 Å². The molecule has 6 heteroatoms. The van der Waals surface area contributed by atoms with E-state index < -0.39 is 5.82 Å². The van der Waals surface area contributed by atoms with Crippen LogP contribution in [-0.2, 0) is 6.54 Å². The summed E-state index contributed by atoms with van der Waals surface area (Å²) in [4.78, 5) is 13.9. The third-order valence-electron chi connectivity index (χ3n) is 3.16. The minimum absolute atomic E-state index is 0.0786. The lowest BCUT2D eigenvalue weighted by Crippen LogP contribution is -2.26. The molecule has 0 heterocycles. The first-order chi connectivity index (χ1) is 10.4. The van der Waals surface area contributed by atoms with E-state index in [-0.39, 0.29) is 23.0 Å². The van der Waals surface area contributed by atoms with Crippen LogP contribution < -0.4 is 4.74 Å². The fourth-order valence-corrected chi connectivity index (χ4v) is 2.51. The van der Waals surface area contributed by atoms with Gasteiger partial charge in [-0.15, -0.1) is 0 Å². The summed E-state index contributed by atoms with van der Waals surface area (Å²) in [6.07, 6.45) is 0. The number of benzene rings is 2. The van der Waals surface area contributed by atoms with E-state index in [0.29, 0.717) is 10.8 Å². The highest BCUT2D eigenvalue weighted by Gasteiger charge is 2.17. The summed E-state index contributed by atoms with van der Waals surface area (Å²) < 4.78 is 18.3. The van der Waals surface area contributed by atoms with Crippen molar-refractivity contribution in [2.75, 3.05) is 14.2 Å². The molecule has 2 aromatic rings. The Morgan fingerprint density at radius 2 is 1.95 bits per heavy atom. The fourth-order valence-electron chi connectivity index (χ4n) is 2.07. The van der Waals surface area contributed by atoms with Gasteiger partial charge in [0.2, 0.25) is 0 Å². The van der Waals surface area contributed by atoms with Gasteiger partial charge in [-0.3, -0.25) is 4.79 Å². The Morgan fingerprint density at radius 3 is 2.59 bits per heavy atom. The van der Waals surface area contributed by atoms with Gasteiger partial charge in [0.25, 0.3) is 5.91 Å². The number of hydrogen-bond donors (Lipinski definition) is 0. The minimum atomic E-state index is -0.485. The lowest BCUT2D eigenvalue weighted by Gasteiger charge is -2.19. The second-order valence-corrected chi connectivity index (χ2v) is 5.59. The van der Waals surface area contributed by atoms with Gasteiger partial charge in [-0.05, 0) is 36.4 Å². The predicted octanol–water partition coefficient (Wildman–Crippen LogP) is 4.41. The predicted molar refractivity (Wildman–Crippen MR) is 85.2 cm³/mol. The number of nitrogens with zero attached hydrogens (tertiary/aromatic N) is 1. The van der Waals surface area contributed by atoms with Crippen LogP contribution in [0, 0.1) is 5.82 Å². The summed E-state index contributed by atoms with van der Waals surface area (Å²) >= 11 is 11.9. The molecule has 0 saturated heterocycles. The lowest BCUT2D eigenvalue weighted by atomic mass is 10.1. The summed E-state index contributed by atoms with van der Waals surface area (Å²) in [5.74, 6) is -0.165. The van der Waals surface area contributed by atoms with Gasteiger partial charge >= 0.3 is 0 Å². The van der Waals surface area contributed by atoms with Gasteiger partial charge in [0, 0.05) is 24.2 Å². The smallest absolute Gasteiger partial charge is 0.255 e. The van der Waals surface area contributed by atoms with E-state index in [9.17, 15) is 9.18 Å². The van der Waals surface area contributed by atoms with Crippen molar-refractivity contribution in [3.63, 3.8) is 0 Å². The zero-order valence-corrected chi connectivity index (χ0v) is 13.6. The van der Waals surface area contributed by atoms with E-state index in [2.05, 4.69) is 0 Å². The van der Waals surface area contributed by atoms with Crippen LogP contribution in [0.5, 0.6) is 5.75 Å². The Hall–Kier alpha value is -1.78. The van der Waals surface area contributed by atoms with Gasteiger partial charge < -0.3 is 9.64 Å². The summed E-state index contributed by atoms with van der Waals surface area (Å²) in [5.41, 5.74) is 1.01. The third kappa shape index (κ3) is 3.70. The maximum absolute atomic E-state index is 13.1. The summed E-state index contributed by atoms with van der Waals surface area (Å²) in [7, 11) is 3.17. The van der Waals surface area contributed by atoms with E-state index in [4.69, 9.17) is 27.9 Å². The van der Waals surface area contributed by atoms with Gasteiger partial charge in [0.15, 0.2) is 0 Å². The molecule has 0 radical (unpaired) electrons. The molecule has 3 nitrogen and oxygen atoms in total. The van der Waals surface area contributed by atoms with Crippen molar-refractivity contribution in [2.45, 2.75) is 6.54 Å². The number of halogens is 3. The number of amides is 1. The number of hydrogen-bond acceptors (Lipinski definition) is 2. The molecule has 0 aliphatic rings. The number of carbonyl (C=O) groups excluding carboxylic acids is 1. The Bertz CT molecular complexity index is 707. The Morgan fingerprint density at radius 1 is 1.23 bits per heavy atom. The molecule has 0 fully saturated rings. The molecule has 0 aliphatic heterocycles. The van der Waals surface area contributed by atoms with E-state index in [1.54, 1.807) is 32.4 Å². The maximum Gasteiger partial charge on any atom is 0.255 e. The van der Waals surface area contributed by atoms with Crippen LogP contribution in [0.2, 0.25) is 10.0 Å². The molecule has 116 valence electrons. The summed E-state index contributed by atoms with van der Waals surface area (Å²) in [5, 5.41) is 0.631. The van der Waals surface area contributed by atoms with Crippen molar-refractivity contribution in [2.24, 2.45) is 0 Å². The number of ether oxygens (including phenoxy) is 1. The monoisotopic (exact) mass is 341 g/mol. The Kier molecular flexibility index (Phi) is 5.27. The van der Waals surface area contributed by atoms with Crippen LogP contribution in [0.3, 0.4) is 0 Å². The molecule has 0 aliphatic carbocycles. The van der Waals surface area contributed by atoms with Crippen molar-refractivity contribution < 1.29 is 13.9 Å². The van der Waals surface area contributed by atoms with Gasteiger partial charge in [-0.1, -0.05) is 23.2 Å². The number of methoxy groups -OCH3 is 1. The molecule has 0 unspecified atom stereocenters. The number of carbonyl (C=O) groups is 1. The zero-order chi connectivity index (χ0) is 16.3. The van der Waals surface area contributed by atoms with Gasteiger partial charge in [0.1, 0.15) is 11.6 Å². The second kappa shape index (κ2) is 6.99.